The molecule has 86 heavy (non-hydrogen) atoms. The van der Waals surface area contributed by atoms with E-state index >= 15 is 0 Å². The van der Waals surface area contributed by atoms with E-state index in [4.69, 9.17) is 42.1 Å². The predicted molar refractivity (Wildman–Crippen MR) is 313 cm³/mol. The van der Waals surface area contributed by atoms with Crippen LogP contribution in [0.25, 0.3) is 33.4 Å². The fourth-order valence-corrected chi connectivity index (χ4v) is 9.53. The van der Waals surface area contributed by atoms with Crippen molar-refractivity contribution in [2.75, 3.05) is 26.4 Å². The highest BCUT2D eigenvalue weighted by Crippen LogP contribution is 2.39. The van der Waals surface area contributed by atoms with Crippen molar-refractivity contribution >= 4 is 58.3 Å². The van der Waals surface area contributed by atoms with Crippen molar-refractivity contribution in [3.05, 3.63) is 176 Å². The zero-order valence-electron chi connectivity index (χ0n) is 48.3. The number of ether oxygens (including phenoxy) is 4. The van der Waals surface area contributed by atoms with Crippen molar-refractivity contribution in [3.63, 3.8) is 0 Å². The van der Waals surface area contributed by atoms with Crippen molar-refractivity contribution in [1.29, 1.82) is 0 Å². The molecule has 4 heterocycles. The number of nitrogens with zero attached hydrogens (tertiary/aromatic N) is 4. The number of alkyl halides is 6. The first-order valence-corrected chi connectivity index (χ1v) is 27.9. The van der Waals surface area contributed by atoms with Gasteiger partial charge in [0.2, 0.25) is 0 Å². The molecule has 0 bridgehead atoms. The number of carbonyl (C=O) groups is 4. The molecular weight excluding hydrogens is 1170 g/mol. The summed E-state index contributed by atoms with van der Waals surface area (Å²) in [7, 11) is 0. The van der Waals surface area contributed by atoms with Crippen molar-refractivity contribution in [1.82, 2.24) is 41.2 Å². The lowest BCUT2D eigenvalue weighted by Gasteiger charge is -2.21. The molecule has 0 saturated carbocycles. The van der Waals surface area contributed by atoms with Crippen molar-refractivity contribution in [3.8, 4) is 22.3 Å². The van der Waals surface area contributed by atoms with E-state index in [1.807, 2.05) is 12.2 Å². The molecule has 0 spiro atoms. The van der Waals surface area contributed by atoms with Gasteiger partial charge in [-0.25, -0.2) is 29.5 Å². The van der Waals surface area contributed by atoms with E-state index in [9.17, 15) is 45.5 Å². The van der Waals surface area contributed by atoms with Gasteiger partial charge in [0.15, 0.2) is 11.6 Å². The molecule has 24 heteroatoms. The molecule has 0 radical (unpaired) electrons. The zero-order chi connectivity index (χ0) is 62.7. The van der Waals surface area contributed by atoms with Crippen LogP contribution in [-0.2, 0) is 44.4 Å². The van der Waals surface area contributed by atoms with Gasteiger partial charge in [0.25, 0.3) is 11.8 Å². The summed E-state index contributed by atoms with van der Waals surface area (Å²) in [5.41, 5.74) is 2.30. The number of nitrogens with one attached hydrogen (secondary N) is 4. The third-order valence-corrected chi connectivity index (χ3v) is 13.7. The minimum absolute atomic E-state index is 0.0704. The molecule has 0 saturated heterocycles. The third kappa shape index (κ3) is 18.5. The number of carbonyl (C=O) groups excluding carboxylic acids is 4. The Morgan fingerprint density at radius 3 is 1.27 bits per heavy atom. The molecule has 16 nitrogen and oxygen atoms in total. The highest BCUT2D eigenvalue weighted by molar-refractivity contribution is 6.32. The van der Waals surface area contributed by atoms with Crippen LogP contribution in [0.4, 0.5) is 35.9 Å². The topological polar surface area (TPSA) is 205 Å². The molecule has 0 fully saturated rings. The Bertz CT molecular complexity index is 3300. The lowest BCUT2D eigenvalue weighted by Crippen LogP contribution is -2.32. The third-order valence-electron chi connectivity index (χ3n) is 13.0. The summed E-state index contributed by atoms with van der Waals surface area (Å²) in [5, 5.41) is 11.4. The fourth-order valence-electron chi connectivity index (χ4n) is 8.84. The van der Waals surface area contributed by atoms with Gasteiger partial charge in [0, 0.05) is 35.5 Å². The quantitative estimate of drug-likeness (QED) is 0.0752. The van der Waals surface area contributed by atoms with Crippen molar-refractivity contribution in [2.24, 2.45) is 0 Å². The maximum Gasteiger partial charge on any atom is 0.416 e. The number of hydrogen-bond acceptors (Lipinski definition) is 12. The van der Waals surface area contributed by atoms with Crippen LogP contribution in [0.2, 0.25) is 10.0 Å². The molecule has 8 rings (SSSR count). The number of halogens is 8. The minimum Gasteiger partial charge on any atom is -0.444 e. The highest BCUT2D eigenvalue weighted by Gasteiger charge is 2.33. The summed E-state index contributed by atoms with van der Waals surface area (Å²) in [6.07, 6.45) is -2.45. The molecule has 2 aliphatic heterocycles. The Hall–Kier alpha value is -7.92. The molecule has 2 aromatic heterocycles. The molecule has 0 aliphatic carbocycles. The second kappa shape index (κ2) is 28.1. The molecule has 2 aliphatic rings. The van der Waals surface area contributed by atoms with E-state index < -0.39 is 70.8 Å². The van der Waals surface area contributed by atoms with Crippen LogP contribution in [0.5, 0.6) is 0 Å². The highest BCUT2D eigenvalue weighted by atomic mass is 35.5. The van der Waals surface area contributed by atoms with Crippen LogP contribution in [0.1, 0.15) is 146 Å². The monoisotopic (exact) mass is 1230 g/mol. The van der Waals surface area contributed by atoms with E-state index in [0.29, 0.717) is 84.3 Å². The molecule has 4 N–H and O–H groups in total. The minimum atomic E-state index is -4.57. The van der Waals surface area contributed by atoms with E-state index in [1.54, 1.807) is 79.7 Å². The van der Waals surface area contributed by atoms with Crippen molar-refractivity contribution < 1.29 is 64.5 Å². The van der Waals surface area contributed by atoms with E-state index in [-0.39, 0.29) is 45.6 Å². The van der Waals surface area contributed by atoms with Gasteiger partial charge in [0.05, 0.1) is 49.6 Å². The number of rotatable bonds is 14. The lowest BCUT2D eigenvalue weighted by molar-refractivity contribution is -0.138. The Labute approximate surface area is 503 Å². The van der Waals surface area contributed by atoms with Crippen LogP contribution in [0, 0.1) is 0 Å². The second-order valence-corrected chi connectivity index (χ2v) is 22.8. The van der Waals surface area contributed by atoms with Crippen LogP contribution >= 0.6 is 23.2 Å². The van der Waals surface area contributed by atoms with Gasteiger partial charge in [0.1, 0.15) is 22.6 Å². The van der Waals surface area contributed by atoms with Crippen LogP contribution in [-0.4, -0.2) is 81.6 Å². The molecule has 4 amide bonds. The van der Waals surface area contributed by atoms with Gasteiger partial charge >= 0.3 is 24.5 Å². The maximum absolute atomic E-state index is 13.6. The van der Waals surface area contributed by atoms with Crippen LogP contribution in [0.3, 0.4) is 0 Å². The second-order valence-electron chi connectivity index (χ2n) is 22.0. The Morgan fingerprint density at radius 1 is 0.558 bits per heavy atom. The average Bonchev–Trinajstić information content (AvgIpc) is 2.25. The van der Waals surface area contributed by atoms with E-state index in [1.165, 1.54) is 48.8 Å². The number of hydrogen-bond donors (Lipinski definition) is 4. The maximum atomic E-state index is 13.6. The summed E-state index contributed by atoms with van der Waals surface area (Å²) >= 11 is 13.2. The van der Waals surface area contributed by atoms with Gasteiger partial charge < -0.3 is 40.2 Å². The fraction of sp³-hybridized carbons (Fsp3) is 0.355. The van der Waals surface area contributed by atoms with Crippen LogP contribution in [0.15, 0.2) is 109 Å². The standard InChI is InChI=1S/2C31H32ClF3N4O4/c2*1-18(38-28(40)26-9-12-36-27(39-26)19-10-13-42-14-11-19)23-8-6-20(15-25(23)32)24-16-22(31(33,34)35)7-5-21(24)17-37-29(41)43-30(2,3)4/h2*5-10,12,15-16,18H,11,13-14,17H2,1-4H3,(H,37,41)(H,38,40)/t2*18-/m11/s1. The largest absolute Gasteiger partial charge is 0.444 e. The van der Waals surface area contributed by atoms with E-state index in [0.717, 1.165) is 35.4 Å². The van der Waals surface area contributed by atoms with Gasteiger partial charge in [-0.1, -0.05) is 71.8 Å². The molecule has 2 atom stereocenters. The zero-order valence-corrected chi connectivity index (χ0v) is 49.8. The summed E-state index contributed by atoms with van der Waals surface area (Å²) in [6.45, 7) is 15.6. The predicted octanol–water partition coefficient (Wildman–Crippen LogP) is 14.3. The smallest absolute Gasteiger partial charge is 0.416 e. The Morgan fingerprint density at radius 2 is 0.942 bits per heavy atom. The summed E-state index contributed by atoms with van der Waals surface area (Å²) in [5.74, 6) is 0.0581. The first-order chi connectivity index (χ1) is 40.4. The summed E-state index contributed by atoms with van der Waals surface area (Å²) in [4.78, 5) is 67.7. The number of aromatic nitrogens is 4. The lowest BCUT2D eigenvalue weighted by atomic mass is 9.95. The van der Waals surface area contributed by atoms with Gasteiger partial charge in [-0.2, -0.15) is 26.3 Å². The summed E-state index contributed by atoms with van der Waals surface area (Å²) < 4.78 is 103. The SMILES string of the molecule is C[C@@H](NC(=O)c1ccnc(C2=CCOCC2)n1)c1ccc(-c2cc(C(F)(F)F)ccc2CNC(=O)OC(C)(C)C)cc1Cl.C[C@@H](NC(=O)c1ccnc(C2=CCOCC2)n1)c1ccc(-c2cc(C(F)(F)F)ccc2CNC(=O)OC(C)(C)C)cc1Cl. The Kier molecular flexibility index (Phi) is 21.4. The van der Waals surface area contributed by atoms with Gasteiger partial charge in [-0.05, 0) is 172 Å². The van der Waals surface area contributed by atoms with Gasteiger partial charge in [-0.3, -0.25) is 9.59 Å². The normalized spacial score (nSPS) is 14.5. The number of benzene rings is 4. The van der Waals surface area contributed by atoms with Crippen LogP contribution < -0.4 is 21.3 Å². The first kappa shape index (κ1) is 65.6. The molecule has 456 valence electrons. The van der Waals surface area contributed by atoms with Gasteiger partial charge in [-0.15, -0.1) is 0 Å². The van der Waals surface area contributed by atoms with E-state index in [2.05, 4.69) is 41.2 Å². The molecule has 0 unspecified atom stereocenters. The number of amides is 4. The molecule has 6 aromatic rings. The average molecular weight is 1230 g/mol. The summed E-state index contributed by atoms with van der Waals surface area (Å²) in [6, 6.07) is 18.1. The first-order valence-electron chi connectivity index (χ1n) is 27.2. The molecular formula is C62H64Cl2F6N8O8. The van der Waals surface area contributed by atoms with Crippen molar-refractivity contribution in [2.45, 2.75) is 117 Å². The number of alkyl carbamates (subject to hydrolysis) is 2. The Balaban J connectivity index is 0.000000246. The molecule has 4 aromatic carbocycles.